The lowest BCUT2D eigenvalue weighted by molar-refractivity contribution is -0.117. The van der Waals surface area contributed by atoms with Crippen LogP contribution in [0.2, 0.25) is 0 Å². The third-order valence-electron chi connectivity index (χ3n) is 3.55. The smallest absolute Gasteiger partial charge is 0.275 e. The van der Waals surface area contributed by atoms with Gasteiger partial charge < -0.3 is 4.74 Å². The molecule has 2 unspecified atom stereocenters. The number of carbonyl (C=O) groups excluding carboxylic acids is 1. The van der Waals surface area contributed by atoms with Gasteiger partial charge >= 0.3 is 0 Å². The summed E-state index contributed by atoms with van der Waals surface area (Å²) in [5, 5.41) is 8.09. The van der Waals surface area contributed by atoms with Crippen molar-refractivity contribution in [2.24, 2.45) is 0 Å². The van der Waals surface area contributed by atoms with Crippen molar-refractivity contribution < 1.29 is 13.9 Å². The molecule has 0 aliphatic heterocycles. The fourth-order valence-corrected chi connectivity index (χ4v) is 2.85. The molecule has 146 valence electrons. The molecular weight excluding hydrogens is 452 g/mol. The zero-order chi connectivity index (χ0) is 20.3. The lowest BCUT2D eigenvalue weighted by Crippen LogP contribution is -2.30. The van der Waals surface area contributed by atoms with Gasteiger partial charge in [0.2, 0.25) is 17.7 Å². The highest BCUT2D eigenvalue weighted by atomic mass is 79.9. The fourth-order valence-electron chi connectivity index (χ4n) is 2.34. The number of carbonyl (C=O) groups is 1. The molecule has 8 nitrogen and oxygen atoms in total. The van der Waals surface area contributed by atoms with E-state index in [0.29, 0.717) is 15.2 Å². The molecule has 0 bridgehead atoms. The zero-order valence-corrected chi connectivity index (χ0v) is 17.5. The van der Waals surface area contributed by atoms with Crippen LogP contribution in [0.3, 0.4) is 0 Å². The van der Waals surface area contributed by atoms with Crippen molar-refractivity contribution in [2.45, 2.75) is 19.6 Å². The molecule has 3 rings (SSSR count). The van der Waals surface area contributed by atoms with Gasteiger partial charge in [-0.25, -0.2) is 19.0 Å². The van der Waals surface area contributed by atoms with Gasteiger partial charge in [0, 0.05) is 22.2 Å². The number of rotatable bonds is 6. The van der Waals surface area contributed by atoms with Crippen LogP contribution in [-0.4, -0.2) is 38.4 Å². The number of hydrogen-bond acceptors (Lipinski definition) is 6. The first-order valence-corrected chi connectivity index (χ1v) is 9.55. The molecular formula is C17H16BrFN5O3P. The Hall–Kier alpha value is -2.45. The molecule has 0 saturated heterocycles. The maximum absolute atomic E-state index is 13.2. The first-order valence-electron chi connectivity index (χ1n) is 8.18. The van der Waals surface area contributed by atoms with Gasteiger partial charge in [-0.05, 0) is 25.1 Å². The summed E-state index contributed by atoms with van der Waals surface area (Å²) in [5.74, 6) is -0.360. The largest absolute Gasteiger partial charge is 0.473 e. The number of ether oxygens (including phenoxy) is 1. The van der Waals surface area contributed by atoms with Gasteiger partial charge in [-0.3, -0.25) is 14.9 Å². The third kappa shape index (κ3) is 4.88. The molecule has 0 aliphatic carbocycles. The van der Waals surface area contributed by atoms with Crippen LogP contribution < -0.4 is 20.9 Å². The number of nitrogens with zero attached hydrogens (tertiary/aromatic N) is 4. The lowest BCUT2D eigenvalue weighted by atomic mass is 10.2. The zero-order valence-electron chi connectivity index (χ0n) is 14.7. The summed E-state index contributed by atoms with van der Waals surface area (Å²) in [5.41, 5.74) is -0.473. The average molecular weight is 468 g/mol. The van der Waals surface area contributed by atoms with Crippen LogP contribution in [0.25, 0.3) is 10.8 Å². The Morgan fingerprint density at radius 2 is 2.07 bits per heavy atom. The number of hydrogen-bond donors (Lipinski definition) is 1. The maximum atomic E-state index is 13.2. The van der Waals surface area contributed by atoms with Crippen LogP contribution in [0.15, 0.2) is 39.9 Å². The van der Waals surface area contributed by atoms with Crippen molar-refractivity contribution in [1.82, 2.24) is 19.7 Å². The first-order chi connectivity index (χ1) is 13.3. The highest BCUT2D eigenvalue weighted by Gasteiger charge is 2.16. The number of alkyl halides is 1. The van der Waals surface area contributed by atoms with Crippen LogP contribution >= 0.6 is 25.2 Å². The monoisotopic (exact) mass is 467 g/mol. The Morgan fingerprint density at radius 1 is 1.36 bits per heavy atom. The van der Waals surface area contributed by atoms with Gasteiger partial charge in [0.05, 0.1) is 10.8 Å². The number of anilines is 1. The minimum absolute atomic E-state index is 0.0665. The summed E-state index contributed by atoms with van der Waals surface area (Å²) < 4.78 is 20.3. The van der Waals surface area contributed by atoms with Crippen LogP contribution in [0.5, 0.6) is 5.88 Å². The van der Waals surface area contributed by atoms with Gasteiger partial charge in [0.25, 0.3) is 5.56 Å². The second-order valence-corrected chi connectivity index (χ2v) is 7.52. The van der Waals surface area contributed by atoms with E-state index in [0.717, 1.165) is 9.99 Å². The predicted octanol–water partition coefficient (Wildman–Crippen LogP) is 1.82. The SMILES string of the molecule is CC(F)COc1nn(CC(=O)Nc2ncc(P)cn2)c(=O)c2ccc(Br)cc12. The van der Waals surface area contributed by atoms with E-state index < -0.39 is 17.6 Å². The van der Waals surface area contributed by atoms with Crippen molar-refractivity contribution in [3.8, 4) is 5.88 Å². The van der Waals surface area contributed by atoms with Gasteiger partial charge in [-0.1, -0.05) is 15.9 Å². The molecule has 0 radical (unpaired) electrons. The third-order valence-corrected chi connectivity index (χ3v) is 4.35. The van der Waals surface area contributed by atoms with Crippen molar-refractivity contribution in [2.75, 3.05) is 11.9 Å². The summed E-state index contributed by atoms with van der Waals surface area (Å²) in [4.78, 5) is 32.9. The standard InChI is InChI=1S/C17H16BrFN5O3P/c1-9(19)8-27-15-13-4-10(18)2-3-12(13)16(26)24(23-15)7-14(25)22-17-20-5-11(28)6-21-17/h2-6,9H,7-8,28H2,1H3,(H,20,21,22,25). The number of benzene rings is 1. The van der Waals surface area contributed by atoms with E-state index in [4.69, 9.17) is 4.74 Å². The highest BCUT2D eigenvalue weighted by molar-refractivity contribution is 9.10. The Kier molecular flexibility index (Phi) is 6.31. The fraction of sp³-hybridized carbons (Fsp3) is 0.235. The predicted molar refractivity (Wildman–Crippen MR) is 110 cm³/mol. The molecule has 2 atom stereocenters. The minimum Gasteiger partial charge on any atom is -0.473 e. The molecule has 0 fully saturated rings. The molecule has 1 aromatic carbocycles. The molecule has 2 aromatic heterocycles. The van der Waals surface area contributed by atoms with Crippen LogP contribution in [0.4, 0.5) is 10.3 Å². The van der Waals surface area contributed by atoms with E-state index in [9.17, 15) is 14.0 Å². The van der Waals surface area contributed by atoms with E-state index in [1.807, 2.05) is 0 Å². The lowest BCUT2D eigenvalue weighted by Gasteiger charge is -2.12. The molecule has 1 N–H and O–H groups in total. The summed E-state index contributed by atoms with van der Waals surface area (Å²) in [6.45, 7) is 0.744. The Balaban J connectivity index is 1.92. The maximum Gasteiger partial charge on any atom is 0.275 e. The van der Waals surface area contributed by atoms with Crippen molar-refractivity contribution >= 4 is 53.1 Å². The summed E-state index contributed by atoms with van der Waals surface area (Å²) in [6.07, 6.45) is 1.83. The minimum atomic E-state index is -1.22. The summed E-state index contributed by atoms with van der Waals surface area (Å²) in [7, 11) is 2.43. The van der Waals surface area contributed by atoms with E-state index in [-0.39, 0.29) is 25.0 Å². The second-order valence-electron chi connectivity index (χ2n) is 5.94. The van der Waals surface area contributed by atoms with Crippen molar-refractivity contribution in [3.63, 3.8) is 0 Å². The number of fused-ring (bicyclic) bond motifs is 1. The molecule has 0 aliphatic rings. The average Bonchev–Trinajstić information content (AvgIpc) is 2.64. The molecule has 1 amide bonds. The van der Waals surface area contributed by atoms with Gasteiger partial charge in [0.1, 0.15) is 19.3 Å². The Morgan fingerprint density at radius 3 is 2.75 bits per heavy atom. The molecule has 0 saturated carbocycles. The van der Waals surface area contributed by atoms with Gasteiger partial charge in [0.15, 0.2) is 0 Å². The van der Waals surface area contributed by atoms with E-state index in [1.165, 1.54) is 19.3 Å². The second kappa shape index (κ2) is 8.70. The van der Waals surface area contributed by atoms with Gasteiger partial charge in [-0.2, -0.15) is 0 Å². The summed E-state index contributed by atoms with van der Waals surface area (Å²) >= 11 is 3.33. The molecule has 11 heteroatoms. The molecule has 2 heterocycles. The van der Waals surface area contributed by atoms with E-state index >= 15 is 0 Å². The highest BCUT2D eigenvalue weighted by Crippen LogP contribution is 2.24. The van der Waals surface area contributed by atoms with E-state index in [1.54, 1.807) is 18.2 Å². The molecule has 3 aromatic rings. The number of amides is 1. The number of aromatic nitrogens is 4. The summed E-state index contributed by atoms with van der Waals surface area (Å²) in [6, 6.07) is 4.93. The first kappa shape index (κ1) is 20.3. The van der Waals surface area contributed by atoms with Crippen molar-refractivity contribution in [3.05, 3.63) is 45.4 Å². The van der Waals surface area contributed by atoms with Crippen LogP contribution in [-0.2, 0) is 11.3 Å². The van der Waals surface area contributed by atoms with Gasteiger partial charge in [-0.15, -0.1) is 14.3 Å². The topological polar surface area (TPSA) is 99.0 Å². The molecule has 28 heavy (non-hydrogen) atoms. The Bertz CT molecular complexity index is 1070. The van der Waals surface area contributed by atoms with Crippen LogP contribution in [0, 0.1) is 0 Å². The normalized spacial score (nSPS) is 12.0. The molecule has 0 spiro atoms. The number of nitrogens with one attached hydrogen (secondary N) is 1. The quantitative estimate of drug-likeness (QED) is 0.555. The van der Waals surface area contributed by atoms with E-state index in [2.05, 4.69) is 45.6 Å². The number of halogens is 2. The van der Waals surface area contributed by atoms with Crippen molar-refractivity contribution in [1.29, 1.82) is 0 Å². The Labute approximate surface area is 169 Å². The van der Waals surface area contributed by atoms with Crippen LogP contribution in [0.1, 0.15) is 6.92 Å².